The van der Waals surface area contributed by atoms with Crippen molar-refractivity contribution in [2.24, 2.45) is 0 Å². The summed E-state index contributed by atoms with van der Waals surface area (Å²) in [5.41, 5.74) is 2.20. The number of fused-ring (bicyclic) bond motifs is 1. The Bertz CT molecular complexity index is 1070. The van der Waals surface area contributed by atoms with E-state index < -0.39 is 12.1 Å². The fourth-order valence-electron chi connectivity index (χ4n) is 3.76. The molecule has 172 valence electrons. The molecule has 1 amide bonds. The predicted molar refractivity (Wildman–Crippen MR) is 125 cm³/mol. The number of para-hydroxylation sites is 1. The molecule has 33 heavy (non-hydrogen) atoms. The summed E-state index contributed by atoms with van der Waals surface area (Å²) in [6, 6.07) is 14.9. The van der Waals surface area contributed by atoms with Gasteiger partial charge in [0.1, 0.15) is 11.9 Å². The van der Waals surface area contributed by atoms with Crippen LogP contribution in [-0.4, -0.2) is 52.7 Å². The molecule has 1 unspecified atom stereocenters. The van der Waals surface area contributed by atoms with Crippen molar-refractivity contribution < 1.29 is 19.4 Å². The normalized spacial score (nSPS) is 14.8. The molecule has 4 rings (SSSR count). The van der Waals surface area contributed by atoms with Crippen LogP contribution in [0.5, 0.6) is 5.75 Å². The maximum atomic E-state index is 12.7. The number of H-pyrrole nitrogens is 1. The highest BCUT2D eigenvalue weighted by Crippen LogP contribution is 2.39. The fraction of sp³-hybridized carbons (Fsp3) is 0.292. The van der Waals surface area contributed by atoms with Gasteiger partial charge in [-0.3, -0.25) is 9.59 Å². The molecule has 0 spiro atoms. The summed E-state index contributed by atoms with van der Waals surface area (Å²) < 4.78 is 5.92. The summed E-state index contributed by atoms with van der Waals surface area (Å²) in [7, 11) is 0. The standard InChI is InChI=1S/C24H27N5O4/c30-22(31)15-19-16-29(18-6-2-1-3-7-18)20-14-17(8-9-21(20)33-19)23(32)25-10-4-5-11-26-24-27-12-13-28-24/h1-3,6-9,12-14,19H,4-5,10-11,15-16H2,(H,25,32)(H,30,31)(H2,26,27,28). The van der Waals surface area contributed by atoms with E-state index in [1.165, 1.54) is 0 Å². The molecule has 4 N–H and O–H groups in total. The second-order valence-corrected chi connectivity index (χ2v) is 7.79. The molecule has 9 nitrogen and oxygen atoms in total. The van der Waals surface area contributed by atoms with Crippen LogP contribution in [0.1, 0.15) is 29.6 Å². The minimum absolute atomic E-state index is 0.0974. The number of nitrogens with one attached hydrogen (secondary N) is 3. The van der Waals surface area contributed by atoms with Gasteiger partial charge in [-0.1, -0.05) is 18.2 Å². The van der Waals surface area contributed by atoms with Gasteiger partial charge < -0.3 is 30.4 Å². The van der Waals surface area contributed by atoms with Gasteiger partial charge in [0.2, 0.25) is 0 Å². The number of carbonyl (C=O) groups excluding carboxylic acids is 1. The lowest BCUT2D eigenvalue weighted by atomic mass is 10.1. The van der Waals surface area contributed by atoms with Gasteiger partial charge in [-0.15, -0.1) is 0 Å². The molecule has 3 aromatic rings. The van der Waals surface area contributed by atoms with Crippen LogP contribution in [0.25, 0.3) is 0 Å². The number of carbonyl (C=O) groups is 2. The number of unbranched alkanes of at least 4 members (excludes halogenated alkanes) is 1. The summed E-state index contributed by atoms with van der Waals surface area (Å²) in [5, 5.41) is 15.4. The molecule has 0 aliphatic carbocycles. The van der Waals surface area contributed by atoms with Gasteiger partial charge in [-0.05, 0) is 43.2 Å². The molecular weight excluding hydrogens is 422 g/mol. The number of aromatic nitrogens is 2. The highest BCUT2D eigenvalue weighted by atomic mass is 16.5. The minimum atomic E-state index is -0.910. The summed E-state index contributed by atoms with van der Waals surface area (Å²) in [6.07, 6.45) is 4.60. The number of amides is 1. The Hall–Kier alpha value is -4.01. The molecule has 2 aromatic carbocycles. The van der Waals surface area contributed by atoms with Gasteiger partial charge in [0.05, 0.1) is 18.7 Å². The number of hydrogen-bond acceptors (Lipinski definition) is 6. The quantitative estimate of drug-likeness (QED) is 0.350. The van der Waals surface area contributed by atoms with Crippen LogP contribution in [0.4, 0.5) is 17.3 Å². The van der Waals surface area contributed by atoms with E-state index in [1.807, 2.05) is 35.2 Å². The zero-order chi connectivity index (χ0) is 23.0. The lowest BCUT2D eigenvalue weighted by molar-refractivity contribution is -0.138. The number of rotatable bonds is 10. The first-order valence-corrected chi connectivity index (χ1v) is 11.0. The van der Waals surface area contributed by atoms with E-state index in [1.54, 1.807) is 30.6 Å². The van der Waals surface area contributed by atoms with Crippen molar-refractivity contribution in [3.63, 3.8) is 0 Å². The van der Waals surface area contributed by atoms with E-state index >= 15 is 0 Å². The molecule has 1 atom stereocenters. The van der Waals surface area contributed by atoms with Crippen LogP contribution < -0.4 is 20.3 Å². The summed E-state index contributed by atoms with van der Waals surface area (Å²) in [5.74, 6) is 0.241. The van der Waals surface area contributed by atoms with E-state index in [4.69, 9.17) is 4.74 Å². The Morgan fingerprint density at radius 1 is 1.15 bits per heavy atom. The Kier molecular flexibility index (Phi) is 7.09. The topological polar surface area (TPSA) is 120 Å². The second-order valence-electron chi connectivity index (χ2n) is 7.79. The first kappa shape index (κ1) is 22.2. The van der Waals surface area contributed by atoms with E-state index in [-0.39, 0.29) is 12.3 Å². The van der Waals surface area contributed by atoms with Crippen molar-refractivity contribution in [2.75, 3.05) is 29.9 Å². The lowest BCUT2D eigenvalue weighted by Gasteiger charge is -2.36. The SMILES string of the molecule is O=C(O)CC1CN(c2ccccc2)c2cc(C(=O)NCCCCNc3ncc[nH]3)ccc2O1. The molecule has 0 radical (unpaired) electrons. The third-order valence-electron chi connectivity index (χ3n) is 5.34. The Morgan fingerprint density at radius 2 is 1.97 bits per heavy atom. The maximum Gasteiger partial charge on any atom is 0.307 e. The van der Waals surface area contributed by atoms with E-state index in [0.717, 1.165) is 36.7 Å². The van der Waals surface area contributed by atoms with Crippen molar-refractivity contribution in [3.05, 3.63) is 66.5 Å². The minimum Gasteiger partial charge on any atom is -0.486 e. The fourth-order valence-corrected chi connectivity index (χ4v) is 3.76. The largest absolute Gasteiger partial charge is 0.486 e. The highest BCUT2D eigenvalue weighted by molar-refractivity contribution is 5.96. The van der Waals surface area contributed by atoms with Gasteiger partial charge in [-0.2, -0.15) is 0 Å². The number of aromatic amines is 1. The maximum absolute atomic E-state index is 12.7. The number of ether oxygens (including phenoxy) is 1. The van der Waals surface area contributed by atoms with Crippen molar-refractivity contribution in [1.82, 2.24) is 15.3 Å². The number of hydrogen-bond donors (Lipinski definition) is 4. The molecule has 0 saturated heterocycles. The number of carboxylic acids is 1. The third-order valence-corrected chi connectivity index (χ3v) is 5.34. The van der Waals surface area contributed by atoms with Gasteiger partial charge in [0.25, 0.3) is 5.91 Å². The van der Waals surface area contributed by atoms with E-state index in [2.05, 4.69) is 20.6 Å². The van der Waals surface area contributed by atoms with Crippen LogP contribution >= 0.6 is 0 Å². The Morgan fingerprint density at radius 3 is 2.73 bits per heavy atom. The first-order chi connectivity index (χ1) is 16.1. The zero-order valence-corrected chi connectivity index (χ0v) is 18.2. The molecule has 1 aromatic heterocycles. The van der Waals surface area contributed by atoms with Crippen molar-refractivity contribution >= 4 is 29.2 Å². The van der Waals surface area contributed by atoms with E-state index in [0.29, 0.717) is 24.4 Å². The Labute approximate surface area is 191 Å². The predicted octanol–water partition coefficient (Wildman–Crippen LogP) is 3.41. The summed E-state index contributed by atoms with van der Waals surface area (Å²) in [4.78, 5) is 33.0. The average molecular weight is 450 g/mol. The van der Waals surface area contributed by atoms with Gasteiger partial charge >= 0.3 is 5.97 Å². The number of benzene rings is 2. The molecule has 0 bridgehead atoms. The lowest BCUT2D eigenvalue weighted by Crippen LogP contribution is -2.38. The summed E-state index contributed by atoms with van der Waals surface area (Å²) in [6.45, 7) is 1.72. The first-order valence-electron chi connectivity index (χ1n) is 11.0. The highest BCUT2D eigenvalue weighted by Gasteiger charge is 2.29. The van der Waals surface area contributed by atoms with Gasteiger partial charge in [0.15, 0.2) is 5.95 Å². The molecule has 0 saturated carbocycles. The molecular formula is C24H27N5O4. The molecule has 0 fully saturated rings. The number of imidazole rings is 1. The monoisotopic (exact) mass is 449 g/mol. The number of carboxylic acid groups (broad SMARTS) is 1. The van der Waals surface area contributed by atoms with Crippen LogP contribution in [-0.2, 0) is 4.79 Å². The molecule has 1 aliphatic rings. The molecule has 1 aliphatic heterocycles. The number of nitrogens with zero attached hydrogens (tertiary/aromatic N) is 2. The molecule has 9 heteroatoms. The van der Waals surface area contributed by atoms with Crippen LogP contribution in [0.3, 0.4) is 0 Å². The van der Waals surface area contributed by atoms with Gasteiger partial charge in [0, 0.05) is 36.7 Å². The van der Waals surface area contributed by atoms with Crippen molar-refractivity contribution in [2.45, 2.75) is 25.4 Å². The van der Waals surface area contributed by atoms with Crippen LogP contribution in [0.15, 0.2) is 60.9 Å². The van der Waals surface area contributed by atoms with Gasteiger partial charge in [-0.25, -0.2) is 4.98 Å². The second kappa shape index (κ2) is 10.5. The third kappa shape index (κ3) is 5.82. The number of anilines is 3. The van der Waals surface area contributed by atoms with E-state index in [9.17, 15) is 14.7 Å². The van der Waals surface area contributed by atoms with Crippen molar-refractivity contribution in [1.29, 1.82) is 0 Å². The average Bonchev–Trinajstić information content (AvgIpc) is 3.34. The Balaban J connectivity index is 1.39. The van der Waals surface area contributed by atoms with Crippen LogP contribution in [0, 0.1) is 0 Å². The van der Waals surface area contributed by atoms with Crippen molar-refractivity contribution in [3.8, 4) is 5.75 Å². The smallest absolute Gasteiger partial charge is 0.307 e. The zero-order valence-electron chi connectivity index (χ0n) is 18.2. The van der Waals surface area contributed by atoms with Crippen LogP contribution in [0.2, 0.25) is 0 Å². The number of aliphatic carboxylic acids is 1. The summed E-state index contributed by atoms with van der Waals surface area (Å²) >= 11 is 0. The molecule has 2 heterocycles.